The summed E-state index contributed by atoms with van der Waals surface area (Å²) in [7, 11) is 1.71. The lowest BCUT2D eigenvalue weighted by Crippen LogP contribution is -2.44. The number of amides is 2. The maximum absolute atomic E-state index is 13.2. The number of aromatic nitrogens is 1. The summed E-state index contributed by atoms with van der Waals surface area (Å²) in [5, 5.41) is 3.86. The topological polar surface area (TPSA) is 85.1 Å². The Kier molecular flexibility index (Phi) is 4.58. The van der Waals surface area contributed by atoms with E-state index in [9.17, 15) is 9.59 Å². The Labute approximate surface area is 174 Å². The highest BCUT2D eigenvalue weighted by molar-refractivity contribution is 5.93. The lowest BCUT2D eigenvalue weighted by Gasteiger charge is -2.27. The second-order valence-corrected chi connectivity index (χ2v) is 8.01. The van der Waals surface area contributed by atoms with Gasteiger partial charge in [-0.05, 0) is 12.1 Å². The second kappa shape index (κ2) is 7.28. The smallest absolute Gasteiger partial charge is 0.230 e. The van der Waals surface area contributed by atoms with Gasteiger partial charge in [0.1, 0.15) is 29.9 Å². The predicted octanol–water partition coefficient (Wildman–Crippen LogP) is 1.49. The first-order chi connectivity index (χ1) is 14.6. The summed E-state index contributed by atoms with van der Waals surface area (Å²) in [6.07, 6.45) is 4.98. The van der Waals surface area contributed by atoms with Crippen molar-refractivity contribution in [3.05, 3.63) is 60.5 Å². The average molecular weight is 409 g/mol. The van der Waals surface area contributed by atoms with Gasteiger partial charge in [-0.1, -0.05) is 35.5 Å². The third kappa shape index (κ3) is 3.08. The molecule has 5 rings (SSSR count). The van der Waals surface area contributed by atoms with Gasteiger partial charge in [-0.2, -0.15) is 0 Å². The maximum atomic E-state index is 13.2. The number of hydrogen-bond donors (Lipinski definition) is 0. The van der Waals surface area contributed by atoms with Crippen LogP contribution in [0.4, 0.5) is 0 Å². The zero-order valence-corrected chi connectivity index (χ0v) is 16.6. The van der Waals surface area contributed by atoms with Crippen LogP contribution in [0.25, 0.3) is 0 Å². The second-order valence-electron chi connectivity index (χ2n) is 8.01. The molecule has 2 aromatic rings. The van der Waals surface area contributed by atoms with Crippen LogP contribution in [0.15, 0.2) is 59.3 Å². The van der Waals surface area contributed by atoms with Crippen LogP contribution in [0.2, 0.25) is 0 Å². The fourth-order valence-corrected chi connectivity index (χ4v) is 4.73. The van der Waals surface area contributed by atoms with E-state index in [0.29, 0.717) is 31.9 Å². The molecule has 156 valence electrons. The normalized spacial score (nSPS) is 28.8. The molecule has 3 aliphatic heterocycles. The first kappa shape index (κ1) is 18.9. The van der Waals surface area contributed by atoms with Crippen LogP contribution < -0.4 is 4.74 Å². The number of ether oxygens (including phenoxy) is 2. The molecule has 2 fully saturated rings. The zero-order valence-electron chi connectivity index (χ0n) is 16.6. The molecule has 1 aromatic heterocycles. The van der Waals surface area contributed by atoms with E-state index in [2.05, 4.69) is 5.16 Å². The highest BCUT2D eigenvalue weighted by atomic mass is 16.5. The molecule has 0 N–H and O–H groups in total. The monoisotopic (exact) mass is 409 g/mol. The van der Waals surface area contributed by atoms with Crippen LogP contribution in [-0.4, -0.2) is 65.2 Å². The van der Waals surface area contributed by atoms with Crippen molar-refractivity contribution < 1.29 is 23.6 Å². The van der Waals surface area contributed by atoms with Crippen LogP contribution in [0.1, 0.15) is 5.69 Å². The summed E-state index contributed by atoms with van der Waals surface area (Å²) in [4.78, 5) is 29.8. The van der Waals surface area contributed by atoms with Crippen LogP contribution in [0.5, 0.6) is 5.75 Å². The van der Waals surface area contributed by atoms with Gasteiger partial charge in [-0.15, -0.1) is 0 Å². The molecule has 0 saturated carbocycles. The number of benzene rings is 1. The molecule has 2 unspecified atom stereocenters. The lowest BCUT2D eigenvalue weighted by molar-refractivity contribution is -0.142. The third-order valence-corrected chi connectivity index (χ3v) is 6.10. The summed E-state index contributed by atoms with van der Waals surface area (Å²) in [6.45, 7) is 1.60. The molecule has 3 aliphatic rings. The molecule has 2 bridgehead atoms. The summed E-state index contributed by atoms with van der Waals surface area (Å²) < 4.78 is 16.8. The largest absolute Gasteiger partial charge is 0.492 e. The molecular formula is C22H23N3O5. The van der Waals surface area contributed by atoms with Gasteiger partial charge in [0.2, 0.25) is 11.8 Å². The van der Waals surface area contributed by atoms with Crippen LogP contribution in [0.3, 0.4) is 0 Å². The SMILES string of the molecule is CN(Cc1ccon1)C(=O)C1C2C(=O)N(CCOc3ccccc3)C[C@]23C=C[C@H]1O3. The minimum Gasteiger partial charge on any atom is -0.492 e. The number of nitrogens with zero attached hydrogens (tertiary/aromatic N) is 3. The number of hydrogen-bond acceptors (Lipinski definition) is 6. The van der Waals surface area contributed by atoms with Gasteiger partial charge in [0, 0.05) is 13.1 Å². The Morgan fingerprint density at radius 3 is 2.93 bits per heavy atom. The van der Waals surface area contributed by atoms with Crippen molar-refractivity contribution >= 4 is 11.8 Å². The Morgan fingerprint density at radius 1 is 1.33 bits per heavy atom. The number of rotatable bonds is 7. The molecule has 30 heavy (non-hydrogen) atoms. The van der Waals surface area contributed by atoms with E-state index in [1.165, 1.54) is 6.26 Å². The van der Waals surface area contributed by atoms with Crippen LogP contribution in [0, 0.1) is 11.8 Å². The van der Waals surface area contributed by atoms with Gasteiger partial charge in [0.25, 0.3) is 0 Å². The fourth-order valence-electron chi connectivity index (χ4n) is 4.73. The van der Waals surface area contributed by atoms with Gasteiger partial charge in [-0.25, -0.2) is 0 Å². The summed E-state index contributed by atoms with van der Waals surface area (Å²) in [5.74, 6) is -0.431. The van der Waals surface area contributed by atoms with Crippen LogP contribution in [-0.2, 0) is 20.9 Å². The summed E-state index contributed by atoms with van der Waals surface area (Å²) in [5.41, 5.74) is -0.0542. The summed E-state index contributed by atoms with van der Waals surface area (Å²) in [6, 6.07) is 11.2. The van der Waals surface area contributed by atoms with Crippen molar-refractivity contribution in [3.8, 4) is 5.75 Å². The number of fused-ring (bicyclic) bond motifs is 1. The Hall–Kier alpha value is -3.13. The molecule has 2 amide bonds. The molecule has 0 radical (unpaired) electrons. The van der Waals surface area contributed by atoms with Gasteiger partial charge < -0.3 is 23.8 Å². The molecule has 8 heteroatoms. The average Bonchev–Trinajstić information content (AvgIpc) is 3.51. The Balaban J connectivity index is 1.27. The minimum absolute atomic E-state index is 0.0494. The van der Waals surface area contributed by atoms with Crippen molar-refractivity contribution in [1.82, 2.24) is 15.0 Å². The van der Waals surface area contributed by atoms with Crippen molar-refractivity contribution in [2.75, 3.05) is 26.7 Å². The standard InChI is InChI=1S/C22H23N3O5/c1-24(13-15-8-11-29-23-15)20(26)18-17-7-9-22(30-17)14-25(21(27)19(18)22)10-12-28-16-5-3-2-4-6-16/h2-9,11,17-19H,10,12-14H2,1H3/t17-,18?,19?,22-/m1/s1. The molecule has 2 saturated heterocycles. The molecule has 1 aromatic carbocycles. The first-order valence-electron chi connectivity index (χ1n) is 10.1. The number of carbonyl (C=O) groups is 2. The van der Waals surface area contributed by atoms with Crippen molar-refractivity contribution in [2.45, 2.75) is 18.2 Å². The van der Waals surface area contributed by atoms with Crippen molar-refractivity contribution in [3.63, 3.8) is 0 Å². The minimum atomic E-state index is -0.719. The molecule has 8 nitrogen and oxygen atoms in total. The first-order valence-corrected chi connectivity index (χ1v) is 10.1. The van der Waals surface area contributed by atoms with Gasteiger partial charge >= 0.3 is 0 Å². The maximum Gasteiger partial charge on any atom is 0.230 e. The molecule has 4 atom stereocenters. The fraction of sp³-hybridized carbons (Fsp3) is 0.409. The van der Waals surface area contributed by atoms with Crippen molar-refractivity contribution in [2.24, 2.45) is 11.8 Å². The number of carbonyl (C=O) groups excluding carboxylic acids is 2. The third-order valence-electron chi connectivity index (χ3n) is 6.10. The van der Waals surface area contributed by atoms with E-state index in [4.69, 9.17) is 14.0 Å². The highest BCUT2D eigenvalue weighted by Crippen LogP contribution is 2.52. The number of likely N-dealkylation sites (tertiary alicyclic amines) is 1. The molecule has 4 heterocycles. The molecule has 1 spiro atoms. The molecular weight excluding hydrogens is 386 g/mol. The van der Waals surface area contributed by atoms with E-state index in [1.54, 1.807) is 22.9 Å². The van der Waals surface area contributed by atoms with Gasteiger partial charge in [0.15, 0.2) is 0 Å². The van der Waals surface area contributed by atoms with Crippen molar-refractivity contribution in [1.29, 1.82) is 0 Å². The quantitative estimate of drug-likeness (QED) is 0.645. The predicted molar refractivity (Wildman–Crippen MR) is 105 cm³/mol. The molecule has 0 aliphatic carbocycles. The van der Waals surface area contributed by atoms with Gasteiger partial charge in [-0.3, -0.25) is 9.59 Å². The van der Waals surface area contributed by atoms with E-state index in [1.807, 2.05) is 42.5 Å². The Bertz CT molecular complexity index is 960. The van der Waals surface area contributed by atoms with E-state index < -0.39 is 17.4 Å². The summed E-state index contributed by atoms with van der Waals surface area (Å²) >= 11 is 0. The van der Waals surface area contributed by atoms with Gasteiger partial charge in [0.05, 0.1) is 37.6 Å². The van der Waals surface area contributed by atoms with Crippen LogP contribution >= 0.6 is 0 Å². The highest BCUT2D eigenvalue weighted by Gasteiger charge is 2.67. The zero-order chi connectivity index (χ0) is 20.7. The lowest BCUT2D eigenvalue weighted by atomic mass is 9.76. The Morgan fingerprint density at radius 2 is 2.17 bits per heavy atom. The van der Waals surface area contributed by atoms with E-state index in [0.717, 1.165) is 5.75 Å². The number of para-hydroxylation sites is 1. The van der Waals surface area contributed by atoms with E-state index in [-0.39, 0.29) is 17.9 Å². The van der Waals surface area contributed by atoms with E-state index >= 15 is 0 Å².